The quantitative estimate of drug-likeness (QED) is 0.407. The summed E-state index contributed by atoms with van der Waals surface area (Å²) in [7, 11) is 1.59. The van der Waals surface area contributed by atoms with E-state index in [1.165, 1.54) is 17.1 Å². The van der Waals surface area contributed by atoms with E-state index >= 15 is 0 Å². The van der Waals surface area contributed by atoms with Crippen molar-refractivity contribution in [3.8, 4) is 17.2 Å². The number of hydrogen-bond donors (Lipinski definition) is 0. The van der Waals surface area contributed by atoms with Crippen molar-refractivity contribution < 1.29 is 14.3 Å². The van der Waals surface area contributed by atoms with Gasteiger partial charge >= 0.3 is 5.97 Å². The third-order valence-corrected chi connectivity index (χ3v) is 3.17. The second-order valence-electron chi connectivity index (χ2n) is 4.78. The van der Waals surface area contributed by atoms with Gasteiger partial charge in [0.25, 0.3) is 0 Å². The maximum Gasteiger partial charge on any atom is 0.336 e. The lowest BCUT2D eigenvalue weighted by atomic mass is 10.2. The molecule has 3 aromatic rings. The summed E-state index contributed by atoms with van der Waals surface area (Å²) in [5.41, 5.74) is 1.62. The van der Waals surface area contributed by atoms with Crippen LogP contribution in [0.15, 0.2) is 60.9 Å². The molecule has 0 spiro atoms. The van der Waals surface area contributed by atoms with Crippen LogP contribution in [-0.4, -0.2) is 33.3 Å². The number of rotatable bonds is 5. The van der Waals surface area contributed by atoms with E-state index in [1.54, 1.807) is 37.5 Å². The Hall–Kier alpha value is -3.48. The normalized spacial score (nSPS) is 10.7. The average molecular weight is 322 g/mol. The topological polar surface area (TPSA) is 79.1 Å². The first-order valence-electron chi connectivity index (χ1n) is 7.12. The van der Waals surface area contributed by atoms with Crippen LogP contribution < -0.4 is 9.47 Å². The van der Waals surface area contributed by atoms with Gasteiger partial charge in [-0.05, 0) is 58.5 Å². The number of aromatic nitrogens is 4. The minimum absolute atomic E-state index is 0.437. The molecule has 7 nitrogen and oxygen atoms in total. The highest BCUT2D eigenvalue weighted by molar-refractivity contribution is 5.88. The van der Waals surface area contributed by atoms with E-state index in [9.17, 15) is 4.79 Å². The van der Waals surface area contributed by atoms with Crippen LogP contribution in [0, 0.1) is 0 Å². The van der Waals surface area contributed by atoms with Crippen molar-refractivity contribution in [2.45, 2.75) is 0 Å². The molecule has 0 saturated carbocycles. The van der Waals surface area contributed by atoms with Crippen molar-refractivity contribution in [2.24, 2.45) is 0 Å². The van der Waals surface area contributed by atoms with Crippen molar-refractivity contribution in [1.29, 1.82) is 0 Å². The van der Waals surface area contributed by atoms with Gasteiger partial charge in [0.1, 0.15) is 17.8 Å². The lowest BCUT2D eigenvalue weighted by Gasteiger charge is -2.03. The summed E-state index contributed by atoms with van der Waals surface area (Å²) in [5, 5.41) is 10.9. The molecule has 0 radical (unpaired) electrons. The van der Waals surface area contributed by atoms with Crippen molar-refractivity contribution in [3.63, 3.8) is 0 Å². The maximum absolute atomic E-state index is 11.9. The molecule has 0 aliphatic heterocycles. The van der Waals surface area contributed by atoms with Crippen molar-refractivity contribution in [1.82, 2.24) is 20.2 Å². The minimum Gasteiger partial charge on any atom is -0.497 e. The van der Waals surface area contributed by atoms with Gasteiger partial charge in [0.05, 0.1) is 12.8 Å². The summed E-state index contributed by atoms with van der Waals surface area (Å²) in [4.78, 5) is 11.9. The molecule has 3 rings (SSSR count). The van der Waals surface area contributed by atoms with Crippen LogP contribution in [0.1, 0.15) is 5.56 Å². The summed E-state index contributed by atoms with van der Waals surface area (Å²) < 4.78 is 11.9. The fraction of sp³-hybridized carbons (Fsp3) is 0.0588. The van der Waals surface area contributed by atoms with Gasteiger partial charge < -0.3 is 9.47 Å². The van der Waals surface area contributed by atoms with Crippen LogP contribution in [0.3, 0.4) is 0 Å². The average Bonchev–Trinajstić information content (AvgIpc) is 3.15. The smallest absolute Gasteiger partial charge is 0.336 e. The van der Waals surface area contributed by atoms with E-state index in [0.717, 1.165) is 17.0 Å². The standard InChI is InChI=1S/C17H14N4O3/c1-23-16-4-2-3-13(11-16)5-10-17(22)24-15-8-6-14(7-9-15)21-12-18-19-20-21/h2-12H,1H3/b10-5+. The SMILES string of the molecule is COc1cccc(/C=C/C(=O)Oc2ccc(-n3cnnn3)cc2)c1. The zero-order chi connectivity index (χ0) is 16.8. The molecule has 0 aliphatic carbocycles. The summed E-state index contributed by atoms with van der Waals surface area (Å²) in [5.74, 6) is 0.698. The summed E-state index contributed by atoms with van der Waals surface area (Å²) in [6, 6.07) is 14.2. The molecule has 24 heavy (non-hydrogen) atoms. The largest absolute Gasteiger partial charge is 0.497 e. The number of hydrogen-bond acceptors (Lipinski definition) is 6. The molecule has 0 saturated heterocycles. The number of benzene rings is 2. The molecule has 0 aliphatic rings. The Kier molecular flexibility index (Phi) is 4.62. The molecule has 7 heteroatoms. The first-order chi connectivity index (χ1) is 11.7. The fourth-order valence-electron chi connectivity index (χ4n) is 2.01. The second-order valence-corrected chi connectivity index (χ2v) is 4.78. The molecule has 0 unspecified atom stereocenters. The predicted octanol–water partition coefficient (Wildman–Crippen LogP) is 2.29. The van der Waals surface area contributed by atoms with E-state index in [2.05, 4.69) is 15.5 Å². The van der Waals surface area contributed by atoms with Gasteiger partial charge in [-0.2, -0.15) is 0 Å². The number of carbonyl (C=O) groups is 1. The number of nitrogens with zero attached hydrogens (tertiary/aromatic N) is 4. The van der Waals surface area contributed by atoms with Crippen LogP contribution >= 0.6 is 0 Å². The van der Waals surface area contributed by atoms with Gasteiger partial charge in [-0.15, -0.1) is 5.10 Å². The Balaban J connectivity index is 1.63. The van der Waals surface area contributed by atoms with Crippen molar-refractivity contribution in [2.75, 3.05) is 7.11 Å². The van der Waals surface area contributed by atoms with Gasteiger partial charge in [-0.1, -0.05) is 12.1 Å². The molecule has 0 bridgehead atoms. The fourth-order valence-corrected chi connectivity index (χ4v) is 2.01. The van der Waals surface area contributed by atoms with Crippen LogP contribution in [0.25, 0.3) is 11.8 Å². The zero-order valence-corrected chi connectivity index (χ0v) is 12.9. The van der Waals surface area contributed by atoms with Gasteiger partial charge in [0, 0.05) is 6.08 Å². The first kappa shape index (κ1) is 15.4. The zero-order valence-electron chi connectivity index (χ0n) is 12.9. The number of ether oxygens (including phenoxy) is 2. The lowest BCUT2D eigenvalue weighted by molar-refractivity contribution is -0.128. The van der Waals surface area contributed by atoms with Gasteiger partial charge in [0.2, 0.25) is 0 Å². The van der Waals surface area contributed by atoms with Crippen LogP contribution in [0.4, 0.5) is 0 Å². The van der Waals surface area contributed by atoms with Crippen LogP contribution in [0.2, 0.25) is 0 Å². The minimum atomic E-state index is -0.465. The van der Waals surface area contributed by atoms with Gasteiger partial charge in [0.15, 0.2) is 0 Å². The van der Waals surface area contributed by atoms with E-state index in [1.807, 2.05) is 24.3 Å². The lowest BCUT2D eigenvalue weighted by Crippen LogP contribution is -2.04. The Morgan fingerprint density at radius 3 is 2.67 bits per heavy atom. The van der Waals surface area contributed by atoms with E-state index in [-0.39, 0.29) is 0 Å². The van der Waals surface area contributed by atoms with Crippen molar-refractivity contribution in [3.05, 3.63) is 66.5 Å². The Morgan fingerprint density at radius 2 is 1.96 bits per heavy atom. The number of tetrazole rings is 1. The van der Waals surface area contributed by atoms with Gasteiger partial charge in [-0.25, -0.2) is 9.48 Å². The molecule has 0 fully saturated rings. The van der Waals surface area contributed by atoms with Crippen LogP contribution in [-0.2, 0) is 4.79 Å². The van der Waals surface area contributed by atoms with E-state index < -0.39 is 5.97 Å². The molecular formula is C17H14N4O3. The van der Waals surface area contributed by atoms with E-state index in [0.29, 0.717) is 5.75 Å². The Labute approximate surface area is 138 Å². The number of esters is 1. The third-order valence-electron chi connectivity index (χ3n) is 3.17. The predicted molar refractivity (Wildman–Crippen MR) is 86.8 cm³/mol. The molecule has 2 aromatic carbocycles. The molecule has 0 atom stereocenters. The maximum atomic E-state index is 11.9. The summed E-state index contributed by atoms with van der Waals surface area (Å²) in [6.07, 6.45) is 4.52. The van der Waals surface area contributed by atoms with E-state index in [4.69, 9.17) is 9.47 Å². The molecule has 0 N–H and O–H groups in total. The highest BCUT2D eigenvalue weighted by Gasteiger charge is 2.03. The third kappa shape index (κ3) is 3.83. The highest BCUT2D eigenvalue weighted by Crippen LogP contribution is 2.16. The van der Waals surface area contributed by atoms with Crippen LogP contribution in [0.5, 0.6) is 11.5 Å². The molecule has 1 heterocycles. The molecule has 1 aromatic heterocycles. The summed E-state index contributed by atoms with van der Waals surface area (Å²) >= 11 is 0. The second kappa shape index (κ2) is 7.19. The number of carbonyl (C=O) groups excluding carboxylic acids is 1. The monoisotopic (exact) mass is 322 g/mol. The van der Waals surface area contributed by atoms with Crippen molar-refractivity contribution >= 4 is 12.0 Å². The first-order valence-corrected chi connectivity index (χ1v) is 7.12. The molecular weight excluding hydrogens is 308 g/mol. The molecule has 120 valence electrons. The summed E-state index contributed by atoms with van der Waals surface area (Å²) in [6.45, 7) is 0. The highest BCUT2D eigenvalue weighted by atomic mass is 16.5. The van der Waals surface area contributed by atoms with Gasteiger partial charge in [-0.3, -0.25) is 0 Å². The Morgan fingerprint density at radius 1 is 1.12 bits per heavy atom. The molecule has 0 amide bonds. The number of methoxy groups -OCH3 is 1. The Bertz CT molecular complexity index is 843.